The largest absolute Gasteiger partial charge is 0.328 e. The van der Waals surface area contributed by atoms with E-state index >= 15 is 0 Å². The van der Waals surface area contributed by atoms with Crippen LogP contribution < -0.4 is 0 Å². The average molecular weight is 398 g/mol. The summed E-state index contributed by atoms with van der Waals surface area (Å²) in [6.07, 6.45) is 1.46. The maximum Gasteiger partial charge on any atom is 0.274 e. The highest BCUT2D eigenvalue weighted by atomic mass is 16.2. The van der Waals surface area contributed by atoms with Gasteiger partial charge in [-0.1, -0.05) is 60.7 Å². The Morgan fingerprint density at radius 3 is 2.33 bits per heavy atom. The van der Waals surface area contributed by atoms with Gasteiger partial charge in [-0.05, 0) is 17.2 Å². The molecule has 150 valence electrons. The molecule has 0 unspecified atom stereocenters. The molecule has 7 heteroatoms. The van der Waals surface area contributed by atoms with Gasteiger partial charge in [0.05, 0.1) is 6.54 Å². The summed E-state index contributed by atoms with van der Waals surface area (Å²) in [7, 11) is 0. The summed E-state index contributed by atoms with van der Waals surface area (Å²) in [6.45, 7) is 1.76. The van der Waals surface area contributed by atoms with Crippen LogP contribution in [-0.4, -0.2) is 42.3 Å². The molecular formula is C23H22N6O. The monoisotopic (exact) mass is 398 g/mol. The molecule has 2 aromatic carbocycles. The fourth-order valence-corrected chi connectivity index (χ4v) is 3.84. The van der Waals surface area contributed by atoms with E-state index in [2.05, 4.69) is 49.2 Å². The van der Waals surface area contributed by atoms with E-state index in [4.69, 9.17) is 0 Å². The van der Waals surface area contributed by atoms with Crippen molar-refractivity contribution in [3.05, 3.63) is 101 Å². The normalized spacial score (nSPS) is 13.3. The maximum atomic E-state index is 13.0. The number of fused-ring (bicyclic) bond motifs is 1. The molecule has 0 saturated carbocycles. The van der Waals surface area contributed by atoms with Gasteiger partial charge in [0, 0.05) is 31.6 Å². The Bertz CT molecular complexity index is 1150. The molecule has 0 bridgehead atoms. The highest BCUT2D eigenvalue weighted by Crippen LogP contribution is 2.18. The lowest BCUT2D eigenvalue weighted by molar-refractivity contribution is 0.0700. The van der Waals surface area contributed by atoms with Gasteiger partial charge in [-0.3, -0.25) is 9.89 Å². The number of aromatic amines is 1. The van der Waals surface area contributed by atoms with Gasteiger partial charge < -0.3 is 9.47 Å². The Hall–Kier alpha value is -3.74. The summed E-state index contributed by atoms with van der Waals surface area (Å²) in [5.74, 6) is 1.68. The molecule has 0 radical (unpaired) electrons. The molecule has 0 aliphatic carbocycles. The number of carbonyl (C=O) groups is 1. The fourth-order valence-electron chi connectivity index (χ4n) is 3.84. The van der Waals surface area contributed by atoms with Crippen molar-refractivity contribution in [3.63, 3.8) is 0 Å². The number of nitrogens with one attached hydrogen (secondary N) is 1. The van der Waals surface area contributed by atoms with Crippen molar-refractivity contribution in [1.82, 2.24) is 29.9 Å². The topological polar surface area (TPSA) is 79.7 Å². The number of rotatable bonds is 5. The number of carbonyl (C=O) groups excluding carboxylic acids is 1. The van der Waals surface area contributed by atoms with Crippen LogP contribution in [0.4, 0.5) is 0 Å². The van der Waals surface area contributed by atoms with Gasteiger partial charge >= 0.3 is 0 Å². The third kappa shape index (κ3) is 3.74. The number of aromatic nitrogens is 5. The minimum atomic E-state index is -0.0792. The number of amides is 1. The lowest BCUT2D eigenvalue weighted by Crippen LogP contribution is -2.39. The minimum absolute atomic E-state index is 0.0792. The number of hydrogen-bond acceptors (Lipinski definition) is 4. The van der Waals surface area contributed by atoms with Crippen LogP contribution in [0.25, 0.3) is 0 Å². The van der Waals surface area contributed by atoms with Gasteiger partial charge in [0.1, 0.15) is 11.5 Å². The van der Waals surface area contributed by atoms with E-state index in [1.54, 1.807) is 4.90 Å². The first kappa shape index (κ1) is 18.3. The smallest absolute Gasteiger partial charge is 0.274 e. The standard InChI is InChI=1S/C23H22N6O/c30-23(20-15-19(24-25-20)13-17-7-3-1-4-8-17)28-11-12-29-21(26-27-22(29)16-28)14-18-9-5-2-6-10-18/h1-10,15H,11-14,16H2,(H,24,25). The number of benzene rings is 2. The Morgan fingerprint density at radius 2 is 1.60 bits per heavy atom. The highest BCUT2D eigenvalue weighted by Gasteiger charge is 2.26. The molecular weight excluding hydrogens is 376 g/mol. The molecule has 1 aliphatic heterocycles. The lowest BCUT2D eigenvalue weighted by Gasteiger charge is -2.27. The van der Waals surface area contributed by atoms with Crippen LogP contribution in [0.2, 0.25) is 0 Å². The quantitative estimate of drug-likeness (QED) is 0.561. The molecule has 0 spiro atoms. The predicted octanol–water partition coefficient (Wildman–Crippen LogP) is 2.84. The number of H-pyrrole nitrogens is 1. The van der Waals surface area contributed by atoms with Crippen LogP contribution in [-0.2, 0) is 25.9 Å². The SMILES string of the molecule is O=C(c1cc(Cc2ccccc2)[nH]n1)N1CCn2c(Cc3ccccc3)nnc2C1. The van der Waals surface area contributed by atoms with Crippen molar-refractivity contribution in [3.8, 4) is 0 Å². The van der Waals surface area contributed by atoms with Crippen molar-refractivity contribution in [1.29, 1.82) is 0 Å². The zero-order valence-corrected chi connectivity index (χ0v) is 16.5. The lowest BCUT2D eigenvalue weighted by atomic mass is 10.1. The summed E-state index contributed by atoms with van der Waals surface area (Å²) in [5.41, 5.74) is 3.75. The summed E-state index contributed by atoms with van der Waals surface area (Å²) in [4.78, 5) is 14.7. The fraction of sp³-hybridized carbons (Fsp3) is 0.217. The Morgan fingerprint density at radius 1 is 0.900 bits per heavy atom. The molecule has 1 aliphatic rings. The van der Waals surface area contributed by atoms with E-state index in [1.165, 1.54) is 11.1 Å². The first-order valence-corrected chi connectivity index (χ1v) is 10.1. The Balaban J connectivity index is 1.27. The van der Waals surface area contributed by atoms with Gasteiger partial charge in [-0.2, -0.15) is 5.10 Å². The molecule has 2 aromatic heterocycles. The molecule has 0 saturated heterocycles. The second kappa shape index (κ2) is 7.94. The van der Waals surface area contributed by atoms with E-state index in [0.717, 1.165) is 30.2 Å². The van der Waals surface area contributed by atoms with Gasteiger partial charge in [0.15, 0.2) is 5.82 Å². The van der Waals surface area contributed by atoms with Crippen molar-refractivity contribution in [2.45, 2.75) is 25.9 Å². The third-order valence-electron chi connectivity index (χ3n) is 5.41. The minimum Gasteiger partial charge on any atom is -0.328 e. The molecule has 7 nitrogen and oxygen atoms in total. The van der Waals surface area contributed by atoms with Crippen LogP contribution in [0.1, 0.15) is 39.0 Å². The second-order valence-electron chi connectivity index (χ2n) is 7.51. The molecule has 30 heavy (non-hydrogen) atoms. The number of hydrogen-bond donors (Lipinski definition) is 1. The predicted molar refractivity (Wildman–Crippen MR) is 112 cm³/mol. The van der Waals surface area contributed by atoms with E-state index in [0.29, 0.717) is 25.3 Å². The molecule has 5 rings (SSSR count). The molecule has 1 amide bonds. The molecule has 4 aromatic rings. The van der Waals surface area contributed by atoms with Gasteiger partial charge in [0.2, 0.25) is 0 Å². The van der Waals surface area contributed by atoms with Gasteiger partial charge in [-0.25, -0.2) is 0 Å². The van der Waals surface area contributed by atoms with Crippen molar-refractivity contribution >= 4 is 5.91 Å². The van der Waals surface area contributed by atoms with E-state index in [9.17, 15) is 4.79 Å². The summed E-state index contributed by atoms with van der Waals surface area (Å²) in [5, 5.41) is 15.9. The summed E-state index contributed by atoms with van der Waals surface area (Å²) in [6, 6.07) is 22.2. The van der Waals surface area contributed by atoms with E-state index < -0.39 is 0 Å². The summed E-state index contributed by atoms with van der Waals surface area (Å²) >= 11 is 0. The Labute approximate surface area is 174 Å². The average Bonchev–Trinajstić information content (AvgIpc) is 3.42. The van der Waals surface area contributed by atoms with Crippen molar-refractivity contribution < 1.29 is 4.79 Å². The van der Waals surface area contributed by atoms with Gasteiger partial charge in [-0.15, -0.1) is 10.2 Å². The summed E-state index contributed by atoms with van der Waals surface area (Å²) < 4.78 is 2.13. The maximum absolute atomic E-state index is 13.0. The van der Waals surface area contributed by atoms with Crippen LogP contribution in [0, 0.1) is 0 Å². The van der Waals surface area contributed by atoms with Crippen LogP contribution in [0.3, 0.4) is 0 Å². The van der Waals surface area contributed by atoms with Crippen molar-refractivity contribution in [2.24, 2.45) is 0 Å². The molecule has 3 heterocycles. The number of nitrogens with zero attached hydrogens (tertiary/aromatic N) is 5. The highest BCUT2D eigenvalue weighted by molar-refractivity contribution is 5.92. The first-order chi connectivity index (χ1) is 14.8. The van der Waals surface area contributed by atoms with Crippen LogP contribution >= 0.6 is 0 Å². The molecule has 0 atom stereocenters. The zero-order valence-electron chi connectivity index (χ0n) is 16.5. The van der Waals surface area contributed by atoms with E-state index in [1.807, 2.05) is 42.5 Å². The third-order valence-corrected chi connectivity index (χ3v) is 5.41. The Kier molecular flexibility index (Phi) is 4.85. The van der Waals surface area contributed by atoms with E-state index in [-0.39, 0.29) is 5.91 Å². The van der Waals surface area contributed by atoms with Gasteiger partial charge in [0.25, 0.3) is 5.91 Å². The molecule has 1 N–H and O–H groups in total. The van der Waals surface area contributed by atoms with Crippen molar-refractivity contribution in [2.75, 3.05) is 6.54 Å². The second-order valence-corrected chi connectivity index (χ2v) is 7.51. The van der Waals surface area contributed by atoms with Crippen LogP contribution in [0.15, 0.2) is 66.7 Å². The first-order valence-electron chi connectivity index (χ1n) is 10.1. The zero-order chi connectivity index (χ0) is 20.3. The molecule has 0 fully saturated rings. The van der Waals surface area contributed by atoms with Crippen LogP contribution in [0.5, 0.6) is 0 Å².